The highest BCUT2D eigenvalue weighted by atomic mass is 16.1. The van der Waals surface area contributed by atoms with E-state index in [0.717, 1.165) is 24.7 Å². The van der Waals surface area contributed by atoms with Crippen molar-refractivity contribution in [3.8, 4) is 0 Å². The van der Waals surface area contributed by atoms with Crippen LogP contribution in [0.15, 0.2) is 36.5 Å². The van der Waals surface area contributed by atoms with Gasteiger partial charge in [0.25, 0.3) is 5.91 Å². The van der Waals surface area contributed by atoms with Crippen LogP contribution in [0.2, 0.25) is 0 Å². The van der Waals surface area contributed by atoms with Crippen LogP contribution in [0, 0.1) is 0 Å². The zero-order valence-electron chi connectivity index (χ0n) is 13.7. The first-order valence-corrected chi connectivity index (χ1v) is 8.09. The first-order chi connectivity index (χ1) is 11.6. The molecule has 1 saturated heterocycles. The van der Waals surface area contributed by atoms with Crippen molar-refractivity contribution in [2.45, 2.75) is 26.3 Å². The molecule has 24 heavy (non-hydrogen) atoms. The van der Waals surface area contributed by atoms with E-state index < -0.39 is 0 Å². The van der Waals surface area contributed by atoms with E-state index in [0.29, 0.717) is 17.7 Å². The van der Waals surface area contributed by atoms with E-state index in [4.69, 9.17) is 0 Å². The van der Waals surface area contributed by atoms with Crippen LogP contribution in [0.25, 0.3) is 0 Å². The van der Waals surface area contributed by atoms with Gasteiger partial charge in [-0.2, -0.15) is 0 Å². The molecule has 1 aliphatic rings. The maximum absolute atomic E-state index is 12.2. The Labute approximate surface area is 140 Å². The molecule has 124 valence electrons. The van der Waals surface area contributed by atoms with Crippen molar-refractivity contribution < 1.29 is 9.59 Å². The fourth-order valence-electron chi connectivity index (χ4n) is 2.68. The van der Waals surface area contributed by atoms with Crippen LogP contribution in [0.5, 0.6) is 0 Å². The van der Waals surface area contributed by atoms with E-state index in [1.165, 1.54) is 19.8 Å². The van der Waals surface area contributed by atoms with E-state index in [1.807, 2.05) is 0 Å². The SMILES string of the molecule is CC(=O)c1ccc(C(=O)NCc2ccnc(N3CCCC3)n2)cc1. The van der Waals surface area contributed by atoms with Crippen molar-refractivity contribution in [2.75, 3.05) is 18.0 Å². The Bertz CT molecular complexity index is 737. The van der Waals surface area contributed by atoms with Crippen molar-refractivity contribution in [3.63, 3.8) is 0 Å². The maximum atomic E-state index is 12.2. The molecule has 0 bridgehead atoms. The van der Waals surface area contributed by atoms with Gasteiger partial charge in [-0.15, -0.1) is 0 Å². The number of carbonyl (C=O) groups excluding carboxylic acids is 2. The summed E-state index contributed by atoms with van der Waals surface area (Å²) in [7, 11) is 0. The molecule has 3 rings (SSSR count). The molecule has 1 aliphatic heterocycles. The summed E-state index contributed by atoms with van der Waals surface area (Å²) in [6.07, 6.45) is 4.06. The molecule has 0 radical (unpaired) electrons. The molecule has 1 aromatic carbocycles. The molecule has 0 saturated carbocycles. The molecule has 1 aromatic heterocycles. The van der Waals surface area contributed by atoms with Gasteiger partial charge in [-0.25, -0.2) is 9.97 Å². The molecule has 0 atom stereocenters. The average molecular weight is 324 g/mol. The highest BCUT2D eigenvalue weighted by molar-refractivity contribution is 5.97. The Balaban J connectivity index is 1.61. The standard InChI is InChI=1S/C18H20N4O2/c1-13(23)14-4-6-15(7-5-14)17(24)20-12-16-8-9-19-18(21-16)22-10-2-3-11-22/h4-9H,2-3,10-12H2,1H3,(H,20,24). The monoisotopic (exact) mass is 324 g/mol. The number of amides is 1. The minimum atomic E-state index is -0.188. The second kappa shape index (κ2) is 7.21. The van der Waals surface area contributed by atoms with Gasteiger partial charge in [-0.05, 0) is 38.0 Å². The topological polar surface area (TPSA) is 75.2 Å². The van der Waals surface area contributed by atoms with Crippen molar-refractivity contribution in [1.29, 1.82) is 0 Å². The second-order valence-corrected chi connectivity index (χ2v) is 5.86. The summed E-state index contributed by atoms with van der Waals surface area (Å²) < 4.78 is 0. The Morgan fingerprint density at radius 1 is 1.08 bits per heavy atom. The van der Waals surface area contributed by atoms with Gasteiger partial charge in [0.15, 0.2) is 5.78 Å². The molecule has 2 heterocycles. The minimum absolute atomic E-state index is 0.0163. The van der Waals surface area contributed by atoms with Crippen molar-refractivity contribution in [3.05, 3.63) is 53.3 Å². The van der Waals surface area contributed by atoms with E-state index in [-0.39, 0.29) is 11.7 Å². The molecule has 6 nitrogen and oxygen atoms in total. The first kappa shape index (κ1) is 16.1. The van der Waals surface area contributed by atoms with Gasteiger partial charge < -0.3 is 10.2 Å². The zero-order chi connectivity index (χ0) is 16.9. The maximum Gasteiger partial charge on any atom is 0.251 e. The van der Waals surface area contributed by atoms with Crippen molar-refractivity contribution in [1.82, 2.24) is 15.3 Å². The predicted molar refractivity (Wildman–Crippen MR) is 91.1 cm³/mol. The van der Waals surface area contributed by atoms with Gasteiger partial charge >= 0.3 is 0 Å². The van der Waals surface area contributed by atoms with Crippen LogP contribution in [-0.4, -0.2) is 34.7 Å². The Hall–Kier alpha value is -2.76. The van der Waals surface area contributed by atoms with Gasteiger partial charge in [0.1, 0.15) is 0 Å². The number of hydrogen-bond donors (Lipinski definition) is 1. The van der Waals surface area contributed by atoms with Gasteiger partial charge in [0.2, 0.25) is 5.95 Å². The zero-order valence-corrected chi connectivity index (χ0v) is 13.7. The van der Waals surface area contributed by atoms with E-state index in [2.05, 4.69) is 20.2 Å². The van der Waals surface area contributed by atoms with Crippen LogP contribution in [0.1, 0.15) is 46.2 Å². The number of nitrogens with zero attached hydrogens (tertiary/aromatic N) is 3. The average Bonchev–Trinajstić information content (AvgIpc) is 3.15. The summed E-state index contributed by atoms with van der Waals surface area (Å²) >= 11 is 0. The largest absolute Gasteiger partial charge is 0.346 e. The van der Waals surface area contributed by atoms with Crippen LogP contribution in [0.4, 0.5) is 5.95 Å². The quantitative estimate of drug-likeness (QED) is 0.854. The fourth-order valence-corrected chi connectivity index (χ4v) is 2.68. The summed E-state index contributed by atoms with van der Waals surface area (Å²) in [5, 5.41) is 2.85. The number of aromatic nitrogens is 2. The number of hydrogen-bond acceptors (Lipinski definition) is 5. The second-order valence-electron chi connectivity index (χ2n) is 5.86. The Morgan fingerprint density at radius 3 is 2.42 bits per heavy atom. The lowest BCUT2D eigenvalue weighted by Gasteiger charge is -2.15. The summed E-state index contributed by atoms with van der Waals surface area (Å²) in [4.78, 5) is 34.4. The third kappa shape index (κ3) is 3.76. The van der Waals surface area contributed by atoms with Crippen molar-refractivity contribution in [2.24, 2.45) is 0 Å². The lowest BCUT2D eigenvalue weighted by molar-refractivity contribution is 0.0948. The molecule has 0 unspecified atom stereocenters. The number of nitrogens with one attached hydrogen (secondary N) is 1. The third-order valence-electron chi connectivity index (χ3n) is 4.07. The molecule has 1 fully saturated rings. The number of ketones is 1. The van der Waals surface area contributed by atoms with E-state index in [9.17, 15) is 9.59 Å². The normalized spacial score (nSPS) is 13.8. The molecule has 0 aliphatic carbocycles. The van der Waals surface area contributed by atoms with Crippen LogP contribution in [0.3, 0.4) is 0 Å². The summed E-state index contributed by atoms with van der Waals surface area (Å²) in [5.41, 5.74) is 1.90. The lowest BCUT2D eigenvalue weighted by Crippen LogP contribution is -2.25. The van der Waals surface area contributed by atoms with Crippen LogP contribution < -0.4 is 10.2 Å². The molecule has 2 aromatic rings. The lowest BCUT2D eigenvalue weighted by atomic mass is 10.1. The smallest absolute Gasteiger partial charge is 0.251 e. The van der Waals surface area contributed by atoms with Gasteiger partial charge in [-0.1, -0.05) is 12.1 Å². The van der Waals surface area contributed by atoms with E-state index >= 15 is 0 Å². The third-order valence-corrected chi connectivity index (χ3v) is 4.07. The van der Waals surface area contributed by atoms with E-state index in [1.54, 1.807) is 36.5 Å². The number of anilines is 1. The molecule has 1 amide bonds. The number of benzene rings is 1. The molecular weight excluding hydrogens is 304 g/mol. The van der Waals surface area contributed by atoms with Gasteiger partial charge in [0, 0.05) is 30.4 Å². The highest BCUT2D eigenvalue weighted by Gasteiger charge is 2.15. The fraction of sp³-hybridized carbons (Fsp3) is 0.333. The van der Waals surface area contributed by atoms with Crippen LogP contribution >= 0.6 is 0 Å². The number of rotatable bonds is 5. The van der Waals surface area contributed by atoms with Crippen LogP contribution in [-0.2, 0) is 6.54 Å². The van der Waals surface area contributed by atoms with Gasteiger partial charge in [0.05, 0.1) is 12.2 Å². The molecule has 6 heteroatoms. The number of carbonyl (C=O) groups is 2. The Kier molecular flexibility index (Phi) is 4.84. The van der Waals surface area contributed by atoms with Gasteiger partial charge in [-0.3, -0.25) is 9.59 Å². The number of Topliss-reactive ketones (excluding diaryl/α,β-unsaturated/α-hetero) is 1. The minimum Gasteiger partial charge on any atom is -0.346 e. The predicted octanol–water partition coefficient (Wildman–Crippen LogP) is 2.21. The molecule has 1 N–H and O–H groups in total. The summed E-state index contributed by atoms with van der Waals surface area (Å²) in [5.74, 6) is 0.522. The summed E-state index contributed by atoms with van der Waals surface area (Å²) in [6.45, 7) is 3.81. The summed E-state index contributed by atoms with van der Waals surface area (Å²) in [6, 6.07) is 8.43. The Morgan fingerprint density at radius 2 is 1.75 bits per heavy atom. The first-order valence-electron chi connectivity index (χ1n) is 8.09. The highest BCUT2D eigenvalue weighted by Crippen LogP contribution is 2.15. The molecular formula is C18H20N4O2. The van der Waals surface area contributed by atoms with Crippen molar-refractivity contribution >= 4 is 17.6 Å². The molecule has 0 spiro atoms.